The van der Waals surface area contributed by atoms with E-state index in [2.05, 4.69) is 5.32 Å². The summed E-state index contributed by atoms with van der Waals surface area (Å²) >= 11 is 0. The molecule has 0 aromatic heterocycles. The second kappa shape index (κ2) is 8.01. The van der Waals surface area contributed by atoms with Crippen molar-refractivity contribution in [2.45, 2.75) is 37.5 Å². The molecule has 2 aliphatic heterocycles. The topological polar surface area (TPSA) is 97.4 Å². The van der Waals surface area contributed by atoms with E-state index in [1.807, 2.05) is 6.07 Å². The molecule has 3 N–H and O–H groups in total. The van der Waals surface area contributed by atoms with Gasteiger partial charge in [-0.15, -0.1) is 0 Å². The number of ether oxygens (including phenoxy) is 2. The average Bonchev–Trinajstić information content (AvgIpc) is 2.74. The highest BCUT2D eigenvalue weighted by Crippen LogP contribution is 2.39. The van der Waals surface area contributed by atoms with Crippen LogP contribution in [0.3, 0.4) is 0 Å². The predicted molar refractivity (Wildman–Crippen MR) is 104 cm³/mol. The summed E-state index contributed by atoms with van der Waals surface area (Å²) in [5.74, 6) is -0.901. The van der Waals surface area contributed by atoms with E-state index in [0.717, 1.165) is 0 Å². The summed E-state index contributed by atoms with van der Waals surface area (Å²) in [6.07, 6.45) is 0.684. The first-order chi connectivity index (χ1) is 14.4. The quantitative estimate of drug-likeness (QED) is 0.803. The van der Waals surface area contributed by atoms with Gasteiger partial charge in [0, 0.05) is 30.8 Å². The Morgan fingerprint density at radius 3 is 2.73 bits per heavy atom. The lowest BCUT2D eigenvalue weighted by atomic mass is 9.89. The zero-order chi connectivity index (χ0) is 21.3. The zero-order valence-corrected chi connectivity index (χ0v) is 16.2. The number of hydrogen-bond acceptors (Lipinski definition) is 5. The number of hydrogen-bond donors (Lipinski definition) is 2. The van der Waals surface area contributed by atoms with E-state index < -0.39 is 23.3 Å². The minimum absolute atomic E-state index is 0.0342. The van der Waals surface area contributed by atoms with Gasteiger partial charge in [-0.2, -0.15) is 5.26 Å². The number of benzene rings is 2. The molecule has 0 radical (unpaired) electrons. The molecule has 0 saturated carbocycles. The predicted octanol–water partition coefficient (Wildman–Crippen LogP) is 2.58. The Labute approximate surface area is 172 Å². The lowest BCUT2D eigenvalue weighted by molar-refractivity contribution is -0.130. The van der Waals surface area contributed by atoms with E-state index in [4.69, 9.17) is 15.2 Å². The van der Waals surface area contributed by atoms with Gasteiger partial charge in [-0.1, -0.05) is 6.07 Å². The number of rotatable bonds is 4. The summed E-state index contributed by atoms with van der Waals surface area (Å²) in [6.45, 7) is 0.925. The van der Waals surface area contributed by atoms with Crippen molar-refractivity contribution in [2.24, 2.45) is 5.73 Å². The van der Waals surface area contributed by atoms with Crippen molar-refractivity contribution >= 4 is 5.91 Å². The van der Waals surface area contributed by atoms with E-state index in [0.29, 0.717) is 48.5 Å². The van der Waals surface area contributed by atoms with Gasteiger partial charge in [0.15, 0.2) is 0 Å². The molecule has 6 nitrogen and oxygen atoms in total. The molecule has 1 saturated heterocycles. The number of carbonyl (C=O) groups excluding carboxylic acids is 1. The molecule has 0 spiro atoms. The van der Waals surface area contributed by atoms with Gasteiger partial charge < -0.3 is 20.5 Å². The zero-order valence-electron chi connectivity index (χ0n) is 16.2. The van der Waals surface area contributed by atoms with E-state index in [9.17, 15) is 18.8 Å². The third-order valence-electron chi connectivity index (χ3n) is 5.61. The van der Waals surface area contributed by atoms with Crippen molar-refractivity contribution in [2.75, 3.05) is 13.2 Å². The first-order valence-corrected chi connectivity index (χ1v) is 9.71. The minimum atomic E-state index is -1.09. The van der Waals surface area contributed by atoms with Crippen molar-refractivity contribution in [3.05, 3.63) is 53.1 Å². The summed E-state index contributed by atoms with van der Waals surface area (Å²) in [5, 5.41) is 12.1. The lowest BCUT2D eigenvalue weighted by Crippen LogP contribution is -2.58. The Kier molecular flexibility index (Phi) is 5.41. The second-order valence-corrected chi connectivity index (χ2v) is 7.66. The van der Waals surface area contributed by atoms with Gasteiger partial charge in [0.2, 0.25) is 5.91 Å². The van der Waals surface area contributed by atoms with Crippen molar-refractivity contribution < 1.29 is 23.0 Å². The number of nitrogens with one attached hydrogen (secondary N) is 1. The van der Waals surface area contributed by atoms with Crippen LogP contribution in [-0.4, -0.2) is 30.7 Å². The molecule has 2 heterocycles. The standard InChI is InChI=1S/C22H21F2N3O3/c23-15-1-2-17-14(7-15)12-30-20-9-13(19(24)10-18(17)20)8-16(11-25)27-21(28)22(26)3-5-29-6-4-22/h1-2,7,9-10,16H,3-6,8,12,26H2,(H,27,28). The van der Waals surface area contributed by atoms with Crippen molar-refractivity contribution in [3.8, 4) is 22.9 Å². The molecule has 156 valence electrons. The Morgan fingerprint density at radius 1 is 1.23 bits per heavy atom. The van der Waals surface area contributed by atoms with E-state index in [-0.39, 0.29) is 24.4 Å². The highest BCUT2D eigenvalue weighted by atomic mass is 19.1. The van der Waals surface area contributed by atoms with Gasteiger partial charge in [0.05, 0.1) is 11.6 Å². The molecule has 0 aliphatic carbocycles. The number of nitrogens with zero attached hydrogens (tertiary/aromatic N) is 1. The van der Waals surface area contributed by atoms with Gasteiger partial charge in [0.25, 0.3) is 0 Å². The molecule has 1 amide bonds. The highest BCUT2D eigenvalue weighted by molar-refractivity contribution is 5.86. The fraction of sp³-hybridized carbons (Fsp3) is 0.364. The van der Waals surface area contributed by atoms with Crippen LogP contribution in [0, 0.1) is 23.0 Å². The number of nitriles is 1. The second-order valence-electron chi connectivity index (χ2n) is 7.66. The van der Waals surface area contributed by atoms with Crippen LogP contribution in [0.5, 0.6) is 5.75 Å². The van der Waals surface area contributed by atoms with Crippen LogP contribution < -0.4 is 15.8 Å². The van der Waals surface area contributed by atoms with Crippen LogP contribution in [0.15, 0.2) is 30.3 Å². The summed E-state index contributed by atoms with van der Waals surface area (Å²) < 4.78 is 39.2. The molecular weight excluding hydrogens is 392 g/mol. The van der Waals surface area contributed by atoms with E-state index in [1.54, 1.807) is 6.07 Å². The third-order valence-corrected chi connectivity index (χ3v) is 5.61. The Balaban J connectivity index is 1.54. The maximum absolute atomic E-state index is 14.8. The molecule has 8 heteroatoms. The van der Waals surface area contributed by atoms with Gasteiger partial charge >= 0.3 is 0 Å². The summed E-state index contributed by atoms with van der Waals surface area (Å²) in [6, 6.07) is 8.18. The average molecular weight is 413 g/mol. The van der Waals surface area contributed by atoms with Gasteiger partial charge in [-0.25, -0.2) is 8.78 Å². The minimum Gasteiger partial charge on any atom is -0.488 e. The van der Waals surface area contributed by atoms with Crippen LogP contribution in [0.2, 0.25) is 0 Å². The van der Waals surface area contributed by atoms with E-state index in [1.165, 1.54) is 24.3 Å². The molecule has 0 bridgehead atoms. The molecule has 2 aliphatic rings. The number of carbonyl (C=O) groups is 1. The molecule has 2 aromatic rings. The molecule has 2 aromatic carbocycles. The van der Waals surface area contributed by atoms with Crippen LogP contribution in [-0.2, 0) is 22.6 Å². The van der Waals surface area contributed by atoms with Crippen molar-refractivity contribution in [1.82, 2.24) is 5.32 Å². The molecule has 1 fully saturated rings. The van der Waals surface area contributed by atoms with E-state index >= 15 is 0 Å². The maximum atomic E-state index is 14.8. The number of amides is 1. The number of nitrogens with two attached hydrogens (primary N) is 1. The van der Waals surface area contributed by atoms with Crippen molar-refractivity contribution in [1.29, 1.82) is 5.26 Å². The first kappa shape index (κ1) is 20.3. The van der Waals surface area contributed by atoms with Crippen LogP contribution in [0.4, 0.5) is 8.78 Å². The third kappa shape index (κ3) is 3.86. The summed E-state index contributed by atoms with van der Waals surface area (Å²) in [4.78, 5) is 12.6. The normalized spacial score (nSPS) is 17.7. The summed E-state index contributed by atoms with van der Waals surface area (Å²) in [5.41, 5.74) is 7.17. The van der Waals surface area contributed by atoms with Crippen LogP contribution in [0.25, 0.3) is 11.1 Å². The van der Waals surface area contributed by atoms with Gasteiger partial charge in [-0.3, -0.25) is 4.79 Å². The monoisotopic (exact) mass is 413 g/mol. The van der Waals surface area contributed by atoms with Gasteiger partial charge in [-0.05, 0) is 48.2 Å². The summed E-state index contributed by atoms with van der Waals surface area (Å²) in [7, 11) is 0. The maximum Gasteiger partial charge on any atom is 0.241 e. The SMILES string of the molecule is N#CC(Cc1cc2c(cc1F)-c1ccc(F)cc1CO2)NC(=O)C1(N)CCOCC1. The number of fused-ring (bicyclic) bond motifs is 3. The largest absolute Gasteiger partial charge is 0.488 e. The fourth-order valence-corrected chi connectivity index (χ4v) is 3.80. The lowest BCUT2D eigenvalue weighted by Gasteiger charge is -2.32. The van der Waals surface area contributed by atoms with Gasteiger partial charge in [0.1, 0.15) is 30.0 Å². The molecule has 30 heavy (non-hydrogen) atoms. The van der Waals surface area contributed by atoms with Crippen LogP contribution >= 0.6 is 0 Å². The highest BCUT2D eigenvalue weighted by Gasteiger charge is 2.37. The Bertz CT molecular complexity index is 1030. The van der Waals surface area contributed by atoms with Crippen LogP contribution in [0.1, 0.15) is 24.0 Å². The first-order valence-electron chi connectivity index (χ1n) is 9.71. The molecule has 1 unspecified atom stereocenters. The molecule has 4 rings (SSSR count). The molecule has 1 atom stereocenters. The Hall–Kier alpha value is -3.02. The fourth-order valence-electron chi connectivity index (χ4n) is 3.80. The number of halogens is 2. The van der Waals surface area contributed by atoms with Crippen molar-refractivity contribution in [3.63, 3.8) is 0 Å². The smallest absolute Gasteiger partial charge is 0.241 e. The Morgan fingerprint density at radius 2 is 2.00 bits per heavy atom. The molecular formula is C22H21F2N3O3.